The van der Waals surface area contributed by atoms with Gasteiger partial charge in [0.15, 0.2) is 0 Å². The molecule has 0 aromatic heterocycles. The van der Waals surface area contributed by atoms with Crippen molar-refractivity contribution in [1.82, 2.24) is 16.0 Å². The predicted molar refractivity (Wildman–Crippen MR) is 214 cm³/mol. The topological polar surface area (TPSA) is 152 Å². The quantitative estimate of drug-likeness (QED) is 0.0530. The molecule has 4 aromatic carbocycles. The predicted octanol–water partition coefficient (Wildman–Crippen LogP) is 6.01. The van der Waals surface area contributed by atoms with E-state index in [1.165, 1.54) is 6.08 Å². The molecule has 0 aliphatic heterocycles. The number of carbonyl (C=O) groups is 4. The van der Waals surface area contributed by atoms with Gasteiger partial charge in [-0.15, -0.1) is 13.2 Å². The highest BCUT2D eigenvalue weighted by molar-refractivity contribution is 5.86. The zero-order chi connectivity index (χ0) is 40.0. The number of carbonyl (C=O) groups excluding carboxylic acids is 4. The standard InChI is InChI=1S/C45H51N3O8/c1-3-14-37(28-42(50)46-38(29-49)26-34-22-24-40(25-23-34)54-30-35-18-10-6-11-19-35)43(51)47-39(27-33-16-8-5-9-17-33)32-55-44(52)41(15-4-2)48-45(53)56-31-36-20-12-7-13-21-36/h3-13,16-25,37-39,41,49H,1-2,14-15,26-32H2,(H,46,50)(H,47,51)(H,48,53). The first-order valence-electron chi connectivity index (χ1n) is 18.6. The second-order valence-electron chi connectivity index (χ2n) is 13.3. The Kier molecular flexibility index (Phi) is 17.9. The van der Waals surface area contributed by atoms with Crippen LogP contribution in [0.15, 0.2) is 141 Å². The number of hydrogen-bond donors (Lipinski definition) is 4. The van der Waals surface area contributed by atoms with E-state index in [-0.39, 0.29) is 39.1 Å². The van der Waals surface area contributed by atoms with Crippen LogP contribution in [-0.4, -0.2) is 60.3 Å². The fourth-order valence-corrected chi connectivity index (χ4v) is 5.84. The summed E-state index contributed by atoms with van der Waals surface area (Å²) >= 11 is 0. The number of ether oxygens (including phenoxy) is 3. The van der Waals surface area contributed by atoms with Crippen molar-refractivity contribution in [2.45, 2.75) is 63.4 Å². The highest BCUT2D eigenvalue weighted by Gasteiger charge is 2.27. The van der Waals surface area contributed by atoms with Crippen LogP contribution in [0.2, 0.25) is 0 Å². The highest BCUT2D eigenvalue weighted by Crippen LogP contribution is 2.17. The van der Waals surface area contributed by atoms with Crippen molar-refractivity contribution in [2.75, 3.05) is 13.2 Å². The summed E-state index contributed by atoms with van der Waals surface area (Å²) in [5, 5.41) is 18.4. The van der Waals surface area contributed by atoms with Gasteiger partial charge in [0.25, 0.3) is 0 Å². The van der Waals surface area contributed by atoms with Gasteiger partial charge in [0, 0.05) is 6.42 Å². The van der Waals surface area contributed by atoms with Crippen molar-refractivity contribution in [1.29, 1.82) is 0 Å². The van der Waals surface area contributed by atoms with Crippen LogP contribution < -0.4 is 20.7 Å². The zero-order valence-electron chi connectivity index (χ0n) is 31.5. The number of rotatable bonds is 23. The van der Waals surface area contributed by atoms with E-state index < -0.39 is 47.9 Å². The monoisotopic (exact) mass is 761 g/mol. The maximum Gasteiger partial charge on any atom is 0.408 e. The van der Waals surface area contributed by atoms with Gasteiger partial charge in [-0.1, -0.05) is 115 Å². The SMILES string of the molecule is C=CCC(CC(=O)NC(CO)Cc1ccc(OCc2ccccc2)cc1)C(=O)NC(COC(=O)C(CC=C)NC(=O)OCc1ccccc1)Cc1ccccc1. The molecule has 0 aliphatic rings. The summed E-state index contributed by atoms with van der Waals surface area (Å²) < 4.78 is 16.8. The number of nitrogens with one attached hydrogen (secondary N) is 3. The molecule has 0 heterocycles. The number of benzene rings is 4. The molecule has 4 N–H and O–H groups in total. The number of amides is 3. The molecule has 11 nitrogen and oxygen atoms in total. The summed E-state index contributed by atoms with van der Waals surface area (Å²) in [5.41, 5.74) is 3.62. The van der Waals surface area contributed by atoms with Crippen molar-refractivity contribution in [3.05, 3.63) is 163 Å². The molecule has 0 saturated heterocycles. The summed E-state index contributed by atoms with van der Waals surface area (Å²) in [5.74, 6) is -1.63. The van der Waals surface area contributed by atoms with Gasteiger partial charge in [-0.25, -0.2) is 9.59 Å². The van der Waals surface area contributed by atoms with E-state index in [4.69, 9.17) is 14.2 Å². The summed E-state index contributed by atoms with van der Waals surface area (Å²) in [6.07, 6.45) is 3.10. The summed E-state index contributed by atoms with van der Waals surface area (Å²) in [7, 11) is 0. The summed E-state index contributed by atoms with van der Waals surface area (Å²) in [4.78, 5) is 52.6. The van der Waals surface area contributed by atoms with Crippen molar-refractivity contribution < 1.29 is 38.5 Å². The molecule has 0 bridgehead atoms. The number of alkyl carbamates (subject to hydrolysis) is 1. The van der Waals surface area contributed by atoms with Crippen molar-refractivity contribution in [3.63, 3.8) is 0 Å². The molecule has 0 aliphatic carbocycles. The molecule has 11 heteroatoms. The zero-order valence-corrected chi connectivity index (χ0v) is 31.5. The summed E-state index contributed by atoms with van der Waals surface area (Å²) in [6, 6.07) is 33.5. The lowest BCUT2D eigenvalue weighted by molar-refractivity contribution is -0.147. The number of esters is 1. The minimum atomic E-state index is -1.06. The van der Waals surface area contributed by atoms with E-state index in [1.807, 2.05) is 115 Å². The van der Waals surface area contributed by atoms with Crippen molar-refractivity contribution in [2.24, 2.45) is 5.92 Å². The largest absolute Gasteiger partial charge is 0.489 e. The third-order valence-electron chi connectivity index (χ3n) is 8.78. The maximum atomic E-state index is 13.7. The number of aliphatic hydroxyl groups is 1. The van der Waals surface area contributed by atoms with Crippen LogP contribution in [0.5, 0.6) is 5.75 Å². The van der Waals surface area contributed by atoms with Gasteiger partial charge in [-0.2, -0.15) is 0 Å². The second kappa shape index (κ2) is 23.6. The lowest BCUT2D eigenvalue weighted by atomic mass is 9.98. The molecule has 0 spiro atoms. The van der Waals surface area contributed by atoms with E-state index in [2.05, 4.69) is 29.1 Å². The van der Waals surface area contributed by atoms with Crippen LogP contribution in [0.3, 0.4) is 0 Å². The van der Waals surface area contributed by atoms with Gasteiger partial charge < -0.3 is 35.3 Å². The number of aliphatic hydroxyl groups excluding tert-OH is 1. The Hall–Kier alpha value is -6.20. The molecular weight excluding hydrogens is 711 g/mol. The molecule has 4 unspecified atom stereocenters. The van der Waals surface area contributed by atoms with Gasteiger partial charge >= 0.3 is 12.1 Å². The third kappa shape index (κ3) is 15.3. The van der Waals surface area contributed by atoms with E-state index in [9.17, 15) is 24.3 Å². The van der Waals surface area contributed by atoms with Crippen LogP contribution in [-0.2, 0) is 49.9 Å². The van der Waals surface area contributed by atoms with Crippen LogP contribution in [0.25, 0.3) is 0 Å². The molecule has 0 fully saturated rings. The molecule has 294 valence electrons. The minimum absolute atomic E-state index is 0.0256. The average molecular weight is 762 g/mol. The van der Waals surface area contributed by atoms with Gasteiger partial charge in [0.2, 0.25) is 11.8 Å². The number of allylic oxidation sites excluding steroid dienone is 1. The Morgan fingerprint density at radius 3 is 1.77 bits per heavy atom. The van der Waals surface area contributed by atoms with E-state index in [0.29, 0.717) is 25.2 Å². The number of hydrogen-bond acceptors (Lipinski definition) is 8. The van der Waals surface area contributed by atoms with E-state index in [1.54, 1.807) is 6.08 Å². The van der Waals surface area contributed by atoms with Crippen LogP contribution in [0, 0.1) is 5.92 Å². The van der Waals surface area contributed by atoms with Gasteiger partial charge in [0.1, 0.15) is 31.6 Å². The molecule has 4 atom stereocenters. The Balaban J connectivity index is 1.32. The first-order valence-corrected chi connectivity index (χ1v) is 18.6. The van der Waals surface area contributed by atoms with Crippen LogP contribution >= 0.6 is 0 Å². The van der Waals surface area contributed by atoms with Gasteiger partial charge in [-0.05, 0) is 60.1 Å². The third-order valence-corrected chi connectivity index (χ3v) is 8.78. The fraction of sp³-hybridized carbons (Fsp3) is 0.289. The lowest BCUT2D eigenvalue weighted by Crippen LogP contribution is -2.47. The normalized spacial score (nSPS) is 12.8. The highest BCUT2D eigenvalue weighted by atomic mass is 16.6. The smallest absolute Gasteiger partial charge is 0.408 e. The molecule has 3 amide bonds. The minimum Gasteiger partial charge on any atom is -0.489 e. The second-order valence-corrected chi connectivity index (χ2v) is 13.3. The summed E-state index contributed by atoms with van der Waals surface area (Å²) in [6.45, 7) is 7.42. The van der Waals surface area contributed by atoms with Crippen molar-refractivity contribution in [3.8, 4) is 5.75 Å². The molecule has 0 saturated carbocycles. The average Bonchev–Trinajstić information content (AvgIpc) is 3.22. The van der Waals surface area contributed by atoms with Crippen molar-refractivity contribution >= 4 is 23.9 Å². The first-order chi connectivity index (χ1) is 27.3. The van der Waals surface area contributed by atoms with Gasteiger partial charge in [-0.3, -0.25) is 9.59 Å². The molecular formula is C45H51N3O8. The first kappa shape index (κ1) is 42.5. The molecule has 4 rings (SSSR count). The van der Waals surface area contributed by atoms with Crippen LogP contribution in [0.1, 0.15) is 41.5 Å². The maximum absolute atomic E-state index is 13.7. The molecule has 4 aromatic rings. The fourth-order valence-electron chi connectivity index (χ4n) is 5.84. The van der Waals surface area contributed by atoms with E-state index in [0.717, 1.165) is 22.3 Å². The molecule has 0 radical (unpaired) electrons. The van der Waals surface area contributed by atoms with Crippen LogP contribution in [0.4, 0.5) is 4.79 Å². The Morgan fingerprint density at radius 2 is 1.18 bits per heavy atom. The lowest BCUT2D eigenvalue weighted by Gasteiger charge is -2.24. The Bertz CT molecular complexity index is 1820. The Morgan fingerprint density at radius 1 is 0.625 bits per heavy atom. The molecule has 56 heavy (non-hydrogen) atoms. The van der Waals surface area contributed by atoms with E-state index >= 15 is 0 Å². The Labute approximate surface area is 328 Å². The van der Waals surface area contributed by atoms with Gasteiger partial charge in [0.05, 0.1) is 24.6 Å².